The third-order valence-electron chi connectivity index (χ3n) is 4.37. The van der Waals surface area contributed by atoms with Crippen molar-refractivity contribution in [2.75, 3.05) is 0 Å². The Morgan fingerprint density at radius 1 is 0.857 bits per heavy atom. The van der Waals surface area contributed by atoms with Gasteiger partial charge in [-0.15, -0.1) is 0 Å². The molecule has 0 atom stereocenters. The van der Waals surface area contributed by atoms with E-state index in [1.54, 1.807) is 24.5 Å². The van der Waals surface area contributed by atoms with Gasteiger partial charge in [-0.2, -0.15) is 0 Å². The molecule has 0 saturated heterocycles. The van der Waals surface area contributed by atoms with Crippen molar-refractivity contribution in [3.63, 3.8) is 0 Å². The van der Waals surface area contributed by atoms with Gasteiger partial charge < -0.3 is 9.30 Å². The summed E-state index contributed by atoms with van der Waals surface area (Å²) in [6.45, 7) is 0.560. The molecule has 1 aliphatic rings. The van der Waals surface area contributed by atoms with Crippen molar-refractivity contribution in [2.24, 2.45) is 0 Å². The van der Waals surface area contributed by atoms with Gasteiger partial charge >= 0.3 is 0 Å². The highest BCUT2D eigenvalue weighted by molar-refractivity contribution is 4.93. The van der Waals surface area contributed by atoms with Crippen LogP contribution in [0.5, 0.6) is 0 Å². The summed E-state index contributed by atoms with van der Waals surface area (Å²) in [4.78, 5) is 11.1. The van der Waals surface area contributed by atoms with Gasteiger partial charge in [0.2, 0.25) is 0 Å². The zero-order chi connectivity index (χ0) is 14.8. The van der Waals surface area contributed by atoms with Crippen LogP contribution in [0.3, 0.4) is 0 Å². The second-order valence-corrected chi connectivity index (χ2v) is 6.23. The highest BCUT2D eigenvalue weighted by atomic mass is 16.5. The van der Waals surface area contributed by atoms with Crippen LogP contribution in [-0.2, 0) is 11.5 Å². The lowest BCUT2D eigenvalue weighted by molar-refractivity contribution is -0.00528. The van der Waals surface area contributed by atoms with Crippen molar-refractivity contribution in [1.82, 2.24) is 4.57 Å². The molecule has 21 heavy (non-hydrogen) atoms. The number of nitrogens with zero attached hydrogens (tertiary/aromatic N) is 1. The number of hydrogen-bond acceptors (Lipinski definition) is 2. The van der Waals surface area contributed by atoms with Crippen LogP contribution in [0.2, 0.25) is 0 Å². The van der Waals surface area contributed by atoms with Gasteiger partial charge in [-0.1, -0.05) is 57.8 Å². The van der Waals surface area contributed by atoms with Gasteiger partial charge in [0.25, 0.3) is 0 Å². The van der Waals surface area contributed by atoms with E-state index in [-0.39, 0.29) is 5.43 Å². The van der Waals surface area contributed by atoms with E-state index < -0.39 is 0 Å². The summed E-state index contributed by atoms with van der Waals surface area (Å²) in [5.74, 6) is 0. The first-order valence-corrected chi connectivity index (χ1v) is 8.62. The number of hydrogen-bond donors (Lipinski definition) is 0. The summed E-state index contributed by atoms with van der Waals surface area (Å²) in [6.07, 6.45) is 18.6. The fourth-order valence-electron chi connectivity index (χ4n) is 3.01. The van der Waals surface area contributed by atoms with Gasteiger partial charge in [0.1, 0.15) is 6.73 Å². The van der Waals surface area contributed by atoms with Crippen LogP contribution in [0, 0.1) is 0 Å². The first kappa shape index (κ1) is 16.3. The standard InChI is InChI=1S/C18H29NO2/c20-17-12-14-19(15-13-17)16-21-18-10-8-6-4-2-1-3-5-7-9-11-18/h12-15,18H,1-11,16H2. The summed E-state index contributed by atoms with van der Waals surface area (Å²) >= 11 is 0. The molecule has 0 aromatic carbocycles. The predicted molar refractivity (Wildman–Crippen MR) is 86.4 cm³/mol. The topological polar surface area (TPSA) is 31.2 Å². The third-order valence-corrected chi connectivity index (χ3v) is 4.37. The average molecular weight is 291 g/mol. The number of rotatable bonds is 3. The van der Waals surface area contributed by atoms with Crippen LogP contribution in [0.25, 0.3) is 0 Å². The zero-order valence-corrected chi connectivity index (χ0v) is 13.1. The molecule has 118 valence electrons. The van der Waals surface area contributed by atoms with E-state index in [0.717, 1.165) is 0 Å². The lowest BCUT2D eigenvalue weighted by Crippen LogP contribution is -2.16. The Labute approximate surface area is 128 Å². The monoisotopic (exact) mass is 291 g/mol. The fourth-order valence-corrected chi connectivity index (χ4v) is 3.01. The maximum atomic E-state index is 11.1. The summed E-state index contributed by atoms with van der Waals surface area (Å²) in [5.41, 5.74) is 0.0530. The molecule has 0 spiro atoms. The largest absolute Gasteiger partial charge is 0.358 e. The Hall–Kier alpha value is -1.09. The molecular weight excluding hydrogens is 262 g/mol. The maximum Gasteiger partial charge on any atom is 0.181 e. The highest BCUT2D eigenvalue weighted by Gasteiger charge is 2.10. The van der Waals surface area contributed by atoms with Gasteiger partial charge in [0.05, 0.1) is 6.10 Å². The van der Waals surface area contributed by atoms with Crippen molar-refractivity contribution in [3.05, 3.63) is 34.7 Å². The van der Waals surface area contributed by atoms with Crippen LogP contribution in [0.4, 0.5) is 0 Å². The first-order valence-electron chi connectivity index (χ1n) is 8.62. The molecule has 1 aliphatic carbocycles. The molecular formula is C18H29NO2. The molecule has 0 N–H and O–H groups in total. The summed E-state index contributed by atoms with van der Waals surface area (Å²) in [7, 11) is 0. The van der Waals surface area contributed by atoms with Crippen molar-refractivity contribution in [2.45, 2.75) is 83.5 Å². The van der Waals surface area contributed by atoms with Gasteiger partial charge in [0, 0.05) is 24.5 Å². The molecule has 0 aliphatic heterocycles. The van der Waals surface area contributed by atoms with E-state index in [2.05, 4.69) is 0 Å². The van der Waals surface area contributed by atoms with Crippen molar-refractivity contribution in [3.8, 4) is 0 Å². The Kier molecular flexibility index (Phi) is 7.58. The minimum atomic E-state index is 0.0530. The Morgan fingerprint density at radius 3 is 1.86 bits per heavy atom. The van der Waals surface area contributed by atoms with Crippen molar-refractivity contribution in [1.29, 1.82) is 0 Å². The average Bonchev–Trinajstić information content (AvgIpc) is 2.48. The second-order valence-electron chi connectivity index (χ2n) is 6.23. The zero-order valence-electron chi connectivity index (χ0n) is 13.1. The fraction of sp³-hybridized carbons (Fsp3) is 0.722. The van der Waals surface area contributed by atoms with Crippen LogP contribution in [0.15, 0.2) is 29.3 Å². The van der Waals surface area contributed by atoms with Gasteiger partial charge in [-0.05, 0) is 12.8 Å². The predicted octanol–water partition coefficient (Wildman–Crippen LogP) is 4.50. The van der Waals surface area contributed by atoms with E-state index in [0.29, 0.717) is 12.8 Å². The molecule has 1 aromatic rings. The van der Waals surface area contributed by atoms with Gasteiger partial charge in [-0.3, -0.25) is 4.79 Å². The summed E-state index contributed by atoms with van der Waals surface area (Å²) in [5, 5.41) is 0. The van der Waals surface area contributed by atoms with Crippen LogP contribution >= 0.6 is 0 Å². The molecule has 1 heterocycles. The Balaban J connectivity index is 1.77. The molecule has 0 unspecified atom stereocenters. The normalized spacial score (nSPS) is 19.6. The van der Waals surface area contributed by atoms with Crippen LogP contribution in [-0.4, -0.2) is 10.7 Å². The number of pyridine rings is 1. The molecule has 1 fully saturated rings. The first-order chi connectivity index (χ1) is 10.3. The summed E-state index contributed by atoms with van der Waals surface area (Å²) < 4.78 is 8.02. The smallest absolute Gasteiger partial charge is 0.181 e. The quantitative estimate of drug-likeness (QED) is 0.821. The van der Waals surface area contributed by atoms with E-state index in [1.807, 2.05) is 4.57 Å². The van der Waals surface area contributed by atoms with Crippen molar-refractivity contribution < 1.29 is 4.74 Å². The minimum absolute atomic E-state index is 0.0530. The number of aromatic nitrogens is 1. The lowest BCUT2D eigenvalue weighted by Gasteiger charge is -2.19. The highest BCUT2D eigenvalue weighted by Crippen LogP contribution is 2.19. The molecule has 1 saturated carbocycles. The maximum absolute atomic E-state index is 11.1. The van der Waals surface area contributed by atoms with E-state index >= 15 is 0 Å². The van der Waals surface area contributed by atoms with Crippen molar-refractivity contribution >= 4 is 0 Å². The summed E-state index contributed by atoms with van der Waals surface area (Å²) in [6, 6.07) is 3.18. The lowest BCUT2D eigenvalue weighted by atomic mass is 9.99. The van der Waals surface area contributed by atoms with Gasteiger partial charge in [-0.25, -0.2) is 0 Å². The molecule has 3 heteroatoms. The molecule has 0 bridgehead atoms. The third kappa shape index (κ3) is 6.94. The van der Waals surface area contributed by atoms with E-state index in [4.69, 9.17) is 4.74 Å². The SMILES string of the molecule is O=c1ccn(COC2CCCCCCCCCCC2)cc1. The Morgan fingerprint density at radius 2 is 1.33 bits per heavy atom. The molecule has 0 radical (unpaired) electrons. The van der Waals surface area contributed by atoms with Crippen LogP contribution < -0.4 is 5.43 Å². The molecule has 0 amide bonds. The van der Waals surface area contributed by atoms with E-state index in [1.165, 1.54) is 70.6 Å². The van der Waals surface area contributed by atoms with E-state index in [9.17, 15) is 4.79 Å². The van der Waals surface area contributed by atoms with Crippen LogP contribution in [0.1, 0.15) is 70.6 Å². The van der Waals surface area contributed by atoms with Gasteiger partial charge in [0.15, 0.2) is 5.43 Å². The number of ether oxygens (including phenoxy) is 1. The molecule has 1 aromatic heterocycles. The molecule has 2 rings (SSSR count). The molecule has 3 nitrogen and oxygen atoms in total. The minimum Gasteiger partial charge on any atom is -0.358 e. The Bertz CT molecular complexity index is 409. The second kappa shape index (κ2) is 9.78.